The summed E-state index contributed by atoms with van der Waals surface area (Å²) in [7, 11) is 0. The van der Waals surface area contributed by atoms with E-state index in [4.69, 9.17) is 4.74 Å². The van der Waals surface area contributed by atoms with Crippen LogP contribution in [0.15, 0.2) is 11.1 Å². The van der Waals surface area contributed by atoms with E-state index in [-0.39, 0.29) is 12.1 Å². The SMILES string of the molecule is CC[C@@H]1CC2C(CC[C@@]3(C)C2CC[C@@H]3[C@H](C)CCCC(C)C)C2=C1C[C@@H](OC(=O)C(C)(C)C)CC2. The summed E-state index contributed by atoms with van der Waals surface area (Å²) in [5.74, 6) is 6.00. The standard InChI is InChI=1S/C33H56O2/c1-9-23-19-28-26(25-14-13-24(20-27(23)25)35-31(34)32(5,6)7)17-18-33(8)29(15-16-30(28)33)22(4)12-10-11-21(2)3/h21-24,26,28-30H,9-20H2,1-8H3/t22-,23-,24+,26?,28?,29-,30?,33-/m1/s1. The van der Waals surface area contributed by atoms with E-state index in [9.17, 15) is 4.79 Å². The molecule has 0 aromatic heterocycles. The molecule has 4 aliphatic rings. The van der Waals surface area contributed by atoms with Gasteiger partial charge >= 0.3 is 5.97 Å². The smallest absolute Gasteiger partial charge is 0.311 e. The Morgan fingerprint density at radius 1 is 1.06 bits per heavy atom. The molecule has 0 heterocycles. The van der Waals surface area contributed by atoms with Crippen molar-refractivity contribution in [3.63, 3.8) is 0 Å². The molecule has 2 nitrogen and oxygen atoms in total. The molecule has 0 amide bonds. The van der Waals surface area contributed by atoms with Gasteiger partial charge in [-0.05, 0) is 119 Å². The van der Waals surface area contributed by atoms with E-state index in [0.29, 0.717) is 11.3 Å². The third kappa shape index (κ3) is 5.43. The zero-order chi connectivity index (χ0) is 25.5. The number of allylic oxidation sites excluding steroid dienone is 1. The highest BCUT2D eigenvalue weighted by Gasteiger charge is 2.56. The molecule has 4 aliphatic carbocycles. The first-order chi connectivity index (χ1) is 16.5. The Balaban J connectivity index is 1.48. The predicted octanol–water partition coefficient (Wildman–Crippen LogP) is 9.38. The summed E-state index contributed by atoms with van der Waals surface area (Å²) in [6.07, 6.45) is 16.0. The fourth-order valence-electron chi connectivity index (χ4n) is 9.19. The topological polar surface area (TPSA) is 26.3 Å². The first kappa shape index (κ1) is 27.3. The molecule has 0 aromatic carbocycles. The van der Waals surface area contributed by atoms with Gasteiger partial charge in [0.25, 0.3) is 0 Å². The lowest BCUT2D eigenvalue weighted by molar-refractivity contribution is -0.159. The molecule has 200 valence electrons. The molecule has 4 rings (SSSR count). The minimum atomic E-state index is -0.407. The van der Waals surface area contributed by atoms with Gasteiger partial charge in [0, 0.05) is 6.42 Å². The number of carbonyl (C=O) groups excluding carboxylic acids is 1. The van der Waals surface area contributed by atoms with Crippen molar-refractivity contribution in [2.75, 3.05) is 0 Å². The summed E-state index contributed by atoms with van der Waals surface area (Å²) in [6, 6.07) is 0. The number of hydrogen-bond acceptors (Lipinski definition) is 2. The van der Waals surface area contributed by atoms with E-state index in [2.05, 4.69) is 34.6 Å². The number of ether oxygens (including phenoxy) is 1. The van der Waals surface area contributed by atoms with Crippen LogP contribution < -0.4 is 0 Å². The van der Waals surface area contributed by atoms with Crippen molar-refractivity contribution in [1.29, 1.82) is 0 Å². The van der Waals surface area contributed by atoms with Crippen molar-refractivity contribution >= 4 is 5.97 Å². The van der Waals surface area contributed by atoms with Crippen molar-refractivity contribution < 1.29 is 9.53 Å². The first-order valence-corrected chi connectivity index (χ1v) is 15.4. The quantitative estimate of drug-likeness (QED) is 0.266. The Morgan fingerprint density at radius 2 is 1.80 bits per heavy atom. The van der Waals surface area contributed by atoms with Crippen molar-refractivity contribution in [3.05, 3.63) is 11.1 Å². The van der Waals surface area contributed by atoms with Gasteiger partial charge in [0.05, 0.1) is 5.41 Å². The van der Waals surface area contributed by atoms with Crippen molar-refractivity contribution in [3.8, 4) is 0 Å². The molecule has 2 heteroatoms. The molecule has 0 aromatic rings. The lowest BCUT2D eigenvalue weighted by Crippen LogP contribution is -2.46. The molecule has 35 heavy (non-hydrogen) atoms. The zero-order valence-electron chi connectivity index (χ0n) is 24.4. The normalized spacial score (nSPS) is 38.1. The van der Waals surface area contributed by atoms with Crippen LogP contribution in [-0.2, 0) is 9.53 Å². The predicted molar refractivity (Wildman–Crippen MR) is 147 cm³/mol. The highest BCUT2D eigenvalue weighted by molar-refractivity contribution is 5.75. The summed E-state index contributed by atoms with van der Waals surface area (Å²) in [5.41, 5.74) is 3.70. The Bertz CT molecular complexity index is 785. The van der Waals surface area contributed by atoms with E-state index in [1.165, 1.54) is 64.2 Å². The highest BCUT2D eigenvalue weighted by atomic mass is 16.5. The maximum absolute atomic E-state index is 12.6. The lowest BCUT2D eigenvalue weighted by Gasteiger charge is -2.55. The number of esters is 1. The Morgan fingerprint density at radius 3 is 2.46 bits per heavy atom. The fourth-order valence-corrected chi connectivity index (χ4v) is 9.19. The monoisotopic (exact) mass is 484 g/mol. The van der Waals surface area contributed by atoms with Crippen LogP contribution in [0, 0.1) is 52.3 Å². The van der Waals surface area contributed by atoms with Crippen LogP contribution in [-0.4, -0.2) is 12.1 Å². The van der Waals surface area contributed by atoms with Gasteiger partial charge in [-0.15, -0.1) is 0 Å². The molecule has 2 saturated carbocycles. The highest BCUT2D eigenvalue weighted by Crippen LogP contribution is 2.65. The van der Waals surface area contributed by atoms with E-state index in [1.54, 1.807) is 5.57 Å². The average Bonchev–Trinajstić information content (AvgIpc) is 3.14. The van der Waals surface area contributed by atoms with Crippen LogP contribution in [0.2, 0.25) is 0 Å². The molecule has 3 unspecified atom stereocenters. The van der Waals surface area contributed by atoms with Gasteiger partial charge in [0.2, 0.25) is 0 Å². The summed E-state index contributed by atoms with van der Waals surface area (Å²) in [4.78, 5) is 12.6. The molecule has 2 fully saturated rings. The van der Waals surface area contributed by atoms with E-state index in [0.717, 1.165) is 48.3 Å². The van der Waals surface area contributed by atoms with Crippen LogP contribution in [0.1, 0.15) is 132 Å². The molecule has 0 aliphatic heterocycles. The molecule has 0 bridgehead atoms. The van der Waals surface area contributed by atoms with Gasteiger partial charge in [-0.2, -0.15) is 0 Å². The first-order valence-electron chi connectivity index (χ1n) is 15.4. The van der Waals surface area contributed by atoms with Gasteiger partial charge in [0.1, 0.15) is 6.10 Å². The average molecular weight is 485 g/mol. The van der Waals surface area contributed by atoms with Gasteiger partial charge in [-0.3, -0.25) is 4.79 Å². The number of hydrogen-bond donors (Lipinski definition) is 0. The summed E-state index contributed by atoms with van der Waals surface area (Å²) < 4.78 is 6.03. The molecule has 0 spiro atoms. The third-order valence-electron chi connectivity index (χ3n) is 11.1. The van der Waals surface area contributed by atoms with E-state index in [1.807, 2.05) is 26.3 Å². The maximum Gasteiger partial charge on any atom is 0.311 e. The largest absolute Gasteiger partial charge is 0.462 e. The van der Waals surface area contributed by atoms with Gasteiger partial charge in [-0.1, -0.05) is 65.0 Å². The summed E-state index contributed by atoms with van der Waals surface area (Å²) in [5, 5.41) is 0. The van der Waals surface area contributed by atoms with Gasteiger partial charge in [0.15, 0.2) is 0 Å². The minimum Gasteiger partial charge on any atom is -0.462 e. The van der Waals surface area contributed by atoms with E-state index >= 15 is 0 Å². The van der Waals surface area contributed by atoms with Crippen LogP contribution in [0.5, 0.6) is 0 Å². The second-order valence-corrected chi connectivity index (χ2v) is 14.8. The van der Waals surface area contributed by atoms with Gasteiger partial charge < -0.3 is 4.74 Å². The number of rotatable bonds is 7. The molecular weight excluding hydrogens is 428 g/mol. The number of carbonyl (C=O) groups is 1. The lowest BCUT2D eigenvalue weighted by atomic mass is 9.50. The zero-order valence-corrected chi connectivity index (χ0v) is 24.4. The Hall–Kier alpha value is -0.790. The third-order valence-corrected chi connectivity index (χ3v) is 11.1. The number of fused-ring (bicyclic) bond motifs is 4. The van der Waals surface area contributed by atoms with E-state index < -0.39 is 5.41 Å². The van der Waals surface area contributed by atoms with Crippen LogP contribution >= 0.6 is 0 Å². The van der Waals surface area contributed by atoms with Crippen LogP contribution in [0.4, 0.5) is 0 Å². The fraction of sp³-hybridized carbons (Fsp3) is 0.909. The van der Waals surface area contributed by atoms with Crippen molar-refractivity contribution in [2.45, 2.75) is 139 Å². The Kier molecular flexibility index (Phi) is 8.20. The van der Waals surface area contributed by atoms with Gasteiger partial charge in [-0.25, -0.2) is 0 Å². The molecule has 0 saturated heterocycles. The van der Waals surface area contributed by atoms with Crippen LogP contribution in [0.3, 0.4) is 0 Å². The molecule has 8 atom stereocenters. The van der Waals surface area contributed by atoms with Crippen molar-refractivity contribution in [1.82, 2.24) is 0 Å². The Labute approximate surface area is 217 Å². The molecule has 0 radical (unpaired) electrons. The van der Waals surface area contributed by atoms with Crippen LogP contribution in [0.25, 0.3) is 0 Å². The van der Waals surface area contributed by atoms with Crippen molar-refractivity contribution in [2.24, 2.45) is 52.3 Å². The second-order valence-electron chi connectivity index (χ2n) is 14.8. The second kappa shape index (κ2) is 10.5. The summed E-state index contributed by atoms with van der Waals surface area (Å²) >= 11 is 0. The molecule has 0 N–H and O–H groups in total. The molecular formula is C33H56O2. The summed E-state index contributed by atoms with van der Waals surface area (Å²) in [6.45, 7) is 18.4. The maximum atomic E-state index is 12.6. The minimum absolute atomic E-state index is 0.0266.